The molecule has 0 fully saturated rings. The van der Waals surface area contributed by atoms with Crippen LogP contribution in [-0.2, 0) is 9.09 Å². The second-order valence-corrected chi connectivity index (χ2v) is 4.64. The lowest BCUT2D eigenvalue weighted by Crippen LogP contribution is -2.12. The van der Waals surface area contributed by atoms with Gasteiger partial charge in [0.1, 0.15) is 11.8 Å². The Morgan fingerprint density at radius 2 is 2.42 bits per heavy atom. The van der Waals surface area contributed by atoms with Crippen molar-refractivity contribution in [2.24, 2.45) is 0 Å². The molecule has 1 atom stereocenters. The molecule has 1 heterocycles. The fourth-order valence-electron chi connectivity index (χ4n) is 0.779. The van der Waals surface area contributed by atoms with Crippen molar-refractivity contribution in [2.45, 2.75) is 0 Å². The monoisotopic (exact) mass is 187 g/mol. The number of hydrogen-bond donors (Lipinski definition) is 1. The van der Waals surface area contributed by atoms with Gasteiger partial charge in [0.15, 0.2) is 0 Å². The Morgan fingerprint density at radius 1 is 1.67 bits per heavy atom. The first-order valence-corrected chi connectivity index (χ1v) is 5.21. The van der Waals surface area contributed by atoms with E-state index in [2.05, 4.69) is 4.98 Å². The molecule has 5 heteroatoms. The van der Waals surface area contributed by atoms with Gasteiger partial charge in [-0.15, -0.1) is 0 Å². The van der Waals surface area contributed by atoms with Gasteiger partial charge < -0.3 is 9.63 Å². The minimum atomic E-state index is -3.09. The van der Waals surface area contributed by atoms with Crippen molar-refractivity contribution in [3.63, 3.8) is 0 Å². The summed E-state index contributed by atoms with van der Waals surface area (Å²) in [5.41, 5.74) is 0.301. The van der Waals surface area contributed by atoms with E-state index in [1.807, 2.05) is 0 Å². The molecule has 0 radical (unpaired) electrons. The third-order valence-electron chi connectivity index (χ3n) is 1.48. The molecule has 1 aromatic rings. The van der Waals surface area contributed by atoms with E-state index in [0.29, 0.717) is 5.44 Å². The van der Waals surface area contributed by atoms with Crippen molar-refractivity contribution in [2.75, 3.05) is 13.5 Å². The summed E-state index contributed by atoms with van der Waals surface area (Å²) in [5.74, 6) is 0. The van der Waals surface area contributed by atoms with E-state index in [1.165, 1.54) is 13.3 Å². The van der Waals surface area contributed by atoms with E-state index in [4.69, 9.17) is 9.63 Å². The predicted octanol–water partition coefficient (Wildman–Crippen LogP) is 0.581. The molecule has 4 nitrogen and oxygen atoms in total. The average Bonchev–Trinajstić information content (AvgIpc) is 2.18. The highest BCUT2D eigenvalue weighted by molar-refractivity contribution is 7.66. The molecule has 66 valence electrons. The Morgan fingerprint density at radius 3 is 2.83 bits per heavy atom. The average molecular weight is 187 g/mol. The highest BCUT2D eigenvalue weighted by Crippen LogP contribution is 2.42. The normalized spacial score (nSPS) is 15.5. The van der Waals surface area contributed by atoms with Crippen molar-refractivity contribution in [1.29, 1.82) is 0 Å². The molecule has 0 amide bonds. The molecule has 0 aliphatic heterocycles. The van der Waals surface area contributed by atoms with Gasteiger partial charge in [0.05, 0.1) is 0 Å². The summed E-state index contributed by atoms with van der Waals surface area (Å²) in [6.07, 6.45) is 0.997. The number of nitrogens with zero attached hydrogens (tertiary/aromatic N) is 1. The standard InChI is InChI=1S/C7H10NO3P/c1-11-12(10,6-9)7-4-2-3-5-8-7/h2-5,9H,6H2,1H3. The van der Waals surface area contributed by atoms with Gasteiger partial charge in [0.25, 0.3) is 7.37 Å². The van der Waals surface area contributed by atoms with Crippen LogP contribution in [0.2, 0.25) is 0 Å². The summed E-state index contributed by atoms with van der Waals surface area (Å²) in [7, 11) is -1.79. The quantitative estimate of drug-likeness (QED) is 0.703. The van der Waals surface area contributed by atoms with E-state index in [1.54, 1.807) is 18.2 Å². The molecular weight excluding hydrogens is 177 g/mol. The lowest BCUT2D eigenvalue weighted by Gasteiger charge is -2.11. The molecule has 0 aromatic carbocycles. The Kier molecular flexibility index (Phi) is 2.98. The maximum atomic E-state index is 11.6. The number of aliphatic hydroxyl groups is 1. The largest absolute Gasteiger partial charge is 0.386 e. The van der Waals surface area contributed by atoms with Crippen LogP contribution in [-0.4, -0.2) is 23.5 Å². The van der Waals surface area contributed by atoms with Gasteiger partial charge in [-0.2, -0.15) is 0 Å². The Balaban J connectivity index is 3.04. The van der Waals surface area contributed by atoms with E-state index >= 15 is 0 Å². The first kappa shape index (κ1) is 9.39. The van der Waals surface area contributed by atoms with Crippen LogP contribution >= 0.6 is 7.37 Å². The number of hydrogen-bond acceptors (Lipinski definition) is 4. The Labute approximate surface area is 70.7 Å². The lowest BCUT2D eigenvalue weighted by molar-refractivity contribution is 0.316. The summed E-state index contributed by atoms with van der Waals surface area (Å²) >= 11 is 0. The molecule has 1 rings (SSSR count). The second kappa shape index (κ2) is 3.81. The van der Waals surface area contributed by atoms with E-state index in [9.17, 15) is 4.57 Å². The van der Waals surface area contributed by atoms with Gasteiger partial charge in [0.2, 0.25) is 0 Å². The van der Waals surface area contributed by atoms with Gasteiger partial charge in [0, 0.05) is 13.3 Å². The summed E-state index contributed by atoms with van der Waals surface area (Å²) < 4.78 is 16.3. The molecule has 0 aliphatic carbocycles. The van der Waals surface area contributed by atoms with Gasteiger partial charge in [-0.25, -0.2) is 0 Å². The zero-order chi connectivity index (χ0) is 9.03. The zero-order valence-corrected chi connectivity index (χ0v) is 7.57. The first-order chi connectivity index (χ1) is 5.73. The lowest BCUT2D eigenvalue weighted by atomic mass is 10.5. The van der Waals surface area contributed by atoms with Gasteiger partial charge in [-0.05, 0) is 12.1 Å². The third-order valence-corrected chi connectivity index (χ3v) is 3.40. The Hall–Kier alpha value is -0.700. The number of aromatic nitrogens is 1. The van der Waals surface area contributed by atoms with Crippen LogP contribution in [0.1, 0.15) is 0 Å². The highest BCUT2D eigenvalue weighted by Gasteiger charge is 2.24. The summed E-state index contributed by atoms with van der Waals surface area (Å²) in [5, 5.41) is 8.81. The molecule has 1 unspecified atom stereocenters. The number of aliphatic hydroxyl groups excluding tert-OH is 1. The summed E-state index contributed by atoms with van der Waals surface area (Å²) in [4.78, 5) is 3.84. The van der Waals surface area contributed by atoms with Crippen molar-refractivity contribution in [3.05, 3.63) is 24.4 Å². The topological polar surface area (TPSA) is 59.4 Å². The molecule has 1 N–H and O–H groups in total. The first-order valence-electron chi connectivity index (χ1n) is 3.40. The fourth-order valence-corrected chi connectivity index (χ4v) is 1.78. The fraction of sp³-hybridized carbons (Fsp3) is 0.286. The van der Waals surface area contributed by atoms with Gasteiger partial charge in [-0.1, -0.05) is 6.07 Å². The zero-order valence-electron chi connectivity index (χ0n) is 6.67. The molecule has 12 heavy (non-hydrogen) atoms. The Bertz CT molecular complexity index is 280. The summed E-state index contributed by atoms with van der Waals surface area (Å²) in [6.45, 7) is 0. The van der Waals surface area contributed by atoms with Crippen molar-refractivity contribution in [3.8, 4) is 0 Å². The minimum absolute atomic E-state index is 0.301. The van der Waals surface area contributed by atoms with Crippen molar-refractivity contribution < 1.29 is 14.2 Å². The molecule has 1 aromatic heterocycles. The van der Waals surface area contributed by atoms with E-state index < -0.39 is 13.7 Å². The minimum Gasteiger partial charge on any atom is -0.386 e. The predicted molar refractivity (Wildman–Crippen MR) is 45.6 cm³/mol. The second-order valence-electron chi connectivity index (χ2n) is 2.19. The molecule has 0 saturated heterocycles. The molecule has 0 bridgehead atoms. The molecule has 0 spiro atoms. The van der Waals surface area contributed by atoms with Crippen molar-refractivity contribution in [1.82, 2.24) is 4.98 Å². The van der Waals surface area contributed by atoms with Gasteiger partial charge >= 0.3 is 0 Å². The number of pyridine rings is 1. The van der Waals surface area contributed by atoms with Crippen molar-refractivity contribution >= 4 is 12.8 Å². The molecule has 0 aliphatic rings. The number of rotatable bonds is 3. The van der Waals surface area contributed by atoms with Crippen LogP contribution in [0, 0.1) is 0 Å². The summed E-state index contributed by atoms with van der Waals surface area (Å²) in [6, 6.07) is 4.98. The SMILES string of the molecule is COP(=O)(CO)c1ccccn1. The van der Waals surface area contributed by atoms with Crippen LogP contribution in [0.5, 0.6) is 0 Å². The van der Waals surface area contributed by atoms with Crippen LogP contribution in [0.25, 0.3) is 0 Å². The maximum absolute atomic E-state index is 11.6. The third kappa shape index (κ3) is 1.72. The van der Waals surface area contributed by atoms with Crippen LogP contribution in [0.3, 0.4) is 0 Å². The molecule has 0 saturated carbocycles. The molecular formula is C7H10NO3P. The van der Waals surface area contributed by atoms with Gasteiger partial charge in [-0.3, -0.25) is 9.55 Å². The van der Waals surface area contributed by atoms with E-state index in [-0.39, 0.29) is 0 Å². The van der Waals surface area contributed by atoms with Crippen LogP contribution < -0.4 is 5.44 Å². The highest BCUT2D eigenvalue weighted by atomic mass is 31.2. The van der Waals surface area contributed by atoms with E-state index in [0.717, 1.165) is 0 Å². The smallest absolute Gasteiger partial charge is 0.274 e. The van der Waals surface area contributed by atoms with Crippen LogP contribution in [0.15, 0.2) is 24.4 Å². The van der Waals surface area contributed by atoms with Crippen LogP contribution in [0.4, 0.5) is 0 Å². The maximum Gasteiger partial charge on any atom is 0.274 e.